The molecule has 0 fully saturated rings. The van der Waals surface area contributed by atoms with E-state index in [-0.39, 0.29) is 5.56 Å². The molecule has 1 N–H and O–H groups in total. The van der Waals surface area contributed by atoms with Crippen LogP contribution in [0.15, 0.2) is 48.8 Å². The first kappa shape index (κ1) is 15.9. The van der Waals surface area contributed by atoms with Crippen LogP contribution in [0.5, 0.6) is 11.5 Å². The number of hydrogen-bond donors (Lipinski definition) is 1. The highest BCUT2D eigenvalue weighted by atomic mass is 16.5. The summed E-state index contributed by atoms with van der Waals surface area (Å²) < 4.78 is 13.1. The first-order chi connectivity index (χ1) is 11.7. The molecule has 24 heavy (non-hydrogen) atoms. The number of ether oxygens (including phenoxy) is 2. The molecular formula is C19H19NO4. The van der Waals surface area contributed by atoms with Crippen LogP contribution in [-0.4, -0.2) is 28.7 Å². The zero-order valence-corrected chi connectivity index (χ0v) is 13.7. The largest absolute Gasteiger partial charge is 0.494 e. The summed E-state index contributed by atoms with van der Waals surface area (Å²) in [5, 5.41) is 9.72. The molecule has 0 saturated heterocycles. The quantitative estimate of drug-likeness (QED) is 0.741. The van der Waals surface area contributed by atoms with Crippen LogP contribution in [0.1, 0.15) is 24.2 Å². The predicted octanol–water partition coefficient (Wildman–Crippen LogP) is 4.10. The van der Waals surface area contributed by atoms with E-state index in [1.165, 1.54) is 0 Å². The summed E-state index contributed by atoms with van der Waals surface area (Å²) in [7, 11) is 0. The van der Waals surface area contributed by atoms with Gasteiger partial charge in [0.1, 0.15) is 11.5 Å². The van der Waals surface area contributed by atoms with Crippen molar-refractivity contribution in [1.29, 1.82) is 0 Å². The van der Waals surface area contributed by atoms with E-state index in [4.69, 9.17) is 9.47 Å². The van der Waals surface area contributed by atoms with Gasteiger partial charge in [0.15, 0.2) is 0 Å². The second-order valence-electron chi connectivity index (χ2n) is 5.24. The Hall–Kier alpha value is -2.95. The average molecular weight is 325 g/mol. The Bertz CT molecular complexity index is 882. The number of carboxylic acids is 1. The van der Waals surface area contributed by atoms with Crippen LogP contribution in [0.3, 0.4) is 0 Å². The van der Waals surface area contributed by atoms with Crippen LogP contribution >= 0.6 is 0 Å². The maximum absolute atomic E-state index is 11.9. The Balaban J connectivity index is 2.27. The molecule has 0 unspecified atom stereocenters. The molecule has 2 aromatic heterocycles. The molecule has 3 aromatic rings. The SMILES string of the molecule is CCOc1ccc(OCC)c(-c2cn3ccccc3c2C(=O)O)c1. The van der Waals surface area contributed by atoms with Crippen LogP contribution < -0.4 is 9.47 Å². The first-order valence-electron chi connectivity index (χ1n) is 7.88. The normalized spacial score (nSPS) is 10.8. The topological polar surface area (TPSA) is 60.2 Å². The lowest BCUT2D eigenvalue weighted by molar-refractivity contribution is 0.0700. The molecule has 0 amide bonds. The molecule has 0 aliphatic rings. The fraction of sp³-hybridized carbons (Fsp3) is 0.211. The van der Waals surface area contributed by atoms with E-state index in [0.717, 1.165) is 0 Å². The van der Waals surface area contributed by atoms with Crippen LogP contribution in [0.25, 0.3) is 16.6 Å². The van der Waals surface area contributed by atoms with Crippen molar-refractivity contribution in [3.8, 4) is 22.6 Å². The molecule has 0 spiro atoms. The van der Waals surface area contributed by atoms with Crippen molar-refractivity contribution in [3.63, 3.8) is 0 Å². The molecule has 0 aliphatic carbocycles. The minimum atomic E-state index is -0.969. The molecule has 0 aliphatic heterocycles. The Labute approximate surface area is 140 Å². The molecule has 124 valence electrons. The van der Waals surface area contributed by atoms with Crippen molar-refractivity contribution in [2.75, 3.05) is 13.2 Å². The summed E-state index contributed by atoms with van der Waals surface area (Å²) in [4.78, 5) is 11.9. The highest BCUT2D eigenvalue weighted by molar-refractivity contribution is 6.04. The number of nitrogens with zero attached hydrogens (tertiary/aromatic N) is 1. The Morgan fingerprint density at radius 2 is 1.88 bits per heavy atom. The van der Waals surface area contributed by atoms with E-state index in [2.05, 4.69) is 0 Å². The van der Waals surface area contributed by atoms with E-state index in [9.17, 15) is 9.90 Å². The van der Waals surface area contributed by atoms with Gasteiger partial charge in [-0.1, -0.05) is 6.07 Å². The summed E-state index contributed by atoms with van der Waals surface area (Å²) in [6.07, 6.45) is 3.64. The predicted molar refractivity (Wildman–Crippen MR) is 92.1 cm³/mol. The summed E-state index contributed by atoms with van der Waals surface area (Å²) >= 11 is 0. The molecule has 0 saturated carbocycles. The fourth-order valence-corrected chi connectivity index (χ4v) is 2.81. The zero-order chi connectivity index (χ0) is 17.1. The van der Waals surface area contributed by atoms with E-state index in [1.807, 2.05) is 61.0 Å². The molecule has 5 heteroatoms. The number of fused-ring (bicyclic) bond motifs is 1. The third kappa shape index (κ3) is 2.80. The van der Waals surface area contributed by atoms with Crippen molar-refractivity contribution >= 4 is 11.5 Å². The maximum Gasteiger partial charge on any atom is 0.338 e. The third-order valence-electron chi connectivity index (χ3n) is 3.75. The zero-order valence-electron chi connectivity index (χ0n) is 13.7. The van der Waals surface area contributed by atoms with Gasteiger partial charge in [0.25, 0.3) is 0 Å². The second-order valence-corrected chi connectivity index (χ2v) is 5.24. The smallest absolute Gasteiger partial charge is 0.338 e. The summed E-state index contributed by atoms with van der Waals surface area (Å²) in [5.41, 5.74) is 2.22. The van der Waals surface area contributed by atoms with E-state index in [1.54, 1.807) is 6.07 Å². The maximum atomic E-state index is 11.9. The van der Waals surface area contributed by atoms with E-state index >= 15 is 0 Å². The standard InChI is InChI=1S/C19H19NO4/c1-3-23-13-8-9-17(24-4-2)14(11-13)15-12-20-10-6-5-7-16(20)18(15)19(21)22/h5-12H,3-4H2,1-2H3,(H,21,22). The van der Waals surface area contributed by atoms with Crippen LogP contribution in [0.4, 0.5) is 0 Å². The van der Waals surface area contributed by atoms with Crippen molar-refractivity contribution in [3.05, 3.63) is 54.4 Å². The fourth-order valence-electron chi connectivity index (χ4n) is 2.81. The number of carboxylic acid groups (broad SMARTS) is 1. The third-order valence-corrected chi connectivity index (χ3v) is 3.75. The molecule has 3 rings (SSSR count). The van der Waals surface area contributed by atoms with Gasteiger partial charge in [-0.05, 0) is 44.2 Å². The second kappa shape index (κ2) is 6.66. The minimum absolute atomic E-state index is 0.255. The van der Waals surface area contributed by atoms with Crippen LogP contribution in [-0.2, 0) is 0 Å². The number of aromatic carboxylic acids is 1. The molecule has 0 atom stereocenters. The average Bonchev–Trinajstić information content (AvgIpc) is 2.96. The monoisotopic (exact) mass is 325 g/mol. The number of hydrogen-bond acceptors (Lipinski definition) is 3. The van der Waals surface area contributed by atoms with Gasteiger partial charge in [0, 0.05) is 23.5 Å². The number of carbonyl (C=O) groups is 1. The van der Waals surface area contributed by atoms with Gasteiger partial charge in [0.05, 0.1) is 24.3 Å². The summed E-state index contributed by atoms with van der Waals surface area (Å²) in [6.45, 7) is 4.84. The molecular weight excluding hydrogens is 306 g/mol. The van der Waals surface area contributed by atoms with Crippen LogP contribution in [0, 0.1) is 0 Å². The van der Waals surface area contributed by atoms with Gasteiger partial charge < -0.3 is 19.0 Å². The molecule has 0 bridgehead atoms. The highest BCUT2D eigenvalue weighted by Gasteiger charge is 2.21. The van der Waals surface area contributed by atoms with Gasteiger partial charge in [-0.15, -0.1) is 0 Å². The summed E-state index contributed by atoms with van der Waals surface area (Å²) in [6, 6.07) is 11.0. The van der Waals surface area contributed by atoms with Gasteiger partial charge in [-0.25, -0.2) is 4.79 Å². The Morgan fingerprint density at radius 3 is 2.58 bits per heavy atom. The van der Waals surface area contributed by atoms with Gasteiger partial charge in [0.2, 0.25) is 0 Å². The lowest BCUT2D eigenvalue weighted by Gasteiger charge is -2.12. The van der Waals surface area contributed by atoms with Gasteiger partial charge in [-0.2, -0.15) is 0 Å². The molecule has 5 nitrogen and oxygen atoms in total. The molecule has 0 radical (unpaired) electrons. The Kier molecular flexibility index (Phi) is 4.42. The highest BCUT2D eigenvalue weighted by Crippen LogP contribution is 2.37. The van der Waals surface area contributed by atoms with Crippen molar-refractivity contribution < 1.29 is 19.4 Å². The number of aromatic nitrogens is 1. The van der Waals surface area contributed by atoms with Gasteiger partial charge >= 0.3 is 5.97 Å². The van der Waals surface area contributed by atoms with Crippen LogP contribution in [0.2, 0.25) is 0 Å². The van der Waals surface area contributed by atoms with Gasteiger partial charge in [-0.3, -0.25) is 0 Å². The first-order valence-corrected chi connectivity index (χ1v) is 7.88. The lowest BCUT2D eigenvalue weighted by atomic mass is 10.0. The van der Waals surface area contributed by atoms with Crippen molar-refractivity contribution in [1.82, 2.24) is 4.40 Å². The lowest BCUT2D eigenvalue weighted by Crippen LogP contribution is -2.00. The van der Waals surface area contributed by atoms with Crippen molar-refractivity contribution in [2.24, 2.45) is 0 Å². The molecule has 1 aromatic carbocycles. The molecule has 2 heterocycles. The van der Waals surface area contributed by atoms with Crippen molar-refractivity contribution in [2.45, 2.75) is 13.8 Å². The minimum Gasteiger partial charge on any atom is -0.494 e. The number of benzene rings is 1. The van der Waals surface area contributed by atoms with E-state index < -0.39 is 5.97 Å². The summed E-state index contributed by atoms with van der Waals surface area (Å²) in [5.74, 6) is 0.352. The Morgan fingerprint density at radius 1 is 1.08 bits per heavy atom. The number of pyridine rings is 1. The van der Waals surface area contributed by atoms with E-state index in [0.29, 0.717) is 41.4 Å². The number of rotatable bonds is 6.